The molecule has 0 aliphatic heterocycles. The van der Waals surface area contributed by atoms with E-state index in [1.165, 1.54) is 0 Å². The van der Waals surface area contributed by atoms with Crippen molar-refractivity contribution in [3.05, 3.63) is 10.1 Å². The zero-order valence-corrected chi connectivity index (χ0v) is 8.36. The van der Waals surface area contributed by atoms with E-state index in [9.17, 15) is 0 Å². The molecule has 0 aliphatic carbocycles. The molecule has 0 aromatic heterocycles. The van der Waals surface area contributed by atoms with Crippen LogP contribution in [-0.2, 0) is 5.48 Å². The van der Waals surface area contributed by atoms with Crippen LogP contribution in [0.1, 0.15) is 0 Å². The largest absolute Gasteiger partial charge is 2.00 e. The predicted molar refractivity (Wildman–Crippen MR) is 15.2 cm³/mol. The fourth-order valence-corrected chi connectivity index (χ4v) is 0. The van der Waals surface area contributed by atoms with Gasteiger partial charge in [-0.15, -0.1) is 10.1 Å². The Kier molecular flexibility index (Phi) is 52.6. The fourth-order valence-electron chi connectivity index (χ4n) is 0. The van der Waals surface area contributed by atoms with Crippen LogP contribution in [-0.4, -0.2) is 33.3 Å². The van der Waals surface area contributed by atoms with Crippen molar-refractivity contribution in [1.29, 1.82) is 0 Å². The quantitative estimate of drug-likeness (QED) is 0.213. The van der Waals surface area contributed by atoms with Crippen molar-refractivity contribution in [1.82, 2.24) is 0 Å². The Labute approximate surface area is 98.4 Å². The topological polar surface area (TPSA) is 91.9 Å². The third-order valence-corrected chi connectivity index (χ3v) is 0. The van der Waals surface area contributed by atoms with E-state index in [2.05, 4.69) is 0 Å². The first kappa shape index (κ1) is 23.5. The molecule has 0 spiro atoms. The number of hydrogen-bond acceptors (Lipinski definition) is 2. The maximum atomic E-state index is 8.36. The van der Waals surface area contributed by atoms with E-state index in [-0.39, 0.29) is 79.9 Å². The molecular formula is HKMgNO4+. The van der Waals surface area contributed by atoms with Crippen molar-refractivity contribution in [2.45, 2.75) is 0 Å². The Hall–Kier alpha value is 1.56. The number of rotatable bonds is 0. The van der Waals surface area contributed by atoms with Gasteiger partial charge in [-0.05, 0) is 0 Å². The summed E-state index contributed by atoms with van der Waals surface area (Å²) in [5, 5.41) is 13.6. The summed E-state index contributed by atoms with van der Waals surface area (Å²) in [5.74, 6) is 0. The average Bonchev–Trinajstić information content (AvgIpc) is 0.811. The Morgan fingerprint density at radius 2 is 1.57 bits per heavy atom. The van der Waals surface area contributed by atoms with Crippen molar-refractivity contribution in [3.8, 4) is 0 Å². The van der Waals surface area contributed by atoms with E-state index >= 15 is 0 Å². The minimum Gasteiger partial charge on any atom is -2.00 e. The van der Waals surface area contributed by atoms with Gasteiger partial charge in [0.15, 0.2) is 0 Å². The standard InChI is InChI=1S/K.Mg.HNO3.O/c;;2-1(3)4;/h;;(H,2,3,4);/q+1;+2;;-2. The maximum absolute atomic E-state index is 8.36. The maximum Gasteiger partial charge on any atom is 2.00 e. The molecule has 0 heterocycles. The van der Waals surface area contributed by atoms with E-state index < -0.39 is 5.09 Å². The summed E-state index contributed by atoms with van der Waals surface area (Å²) in [6.45, 7) is 0. The van der Waals surface area contributed by atoms with Crippen LogP contribution in [0.2, 0.25) is 0 Å². The van der Waals surface area contributed by atoms with Gasteiger partial charge in [-0.2, -0.15) is 0 Å². The van der Waals surface area contributed by atoms with E-state index in [4.69, 9.17) is 15.3 Å². The average molecular weight is 142 g/mol. The molecule has 0 atom stereocenters. The Morgan fingerprint density at radius 3 is 1.57 bits per heavy atom. The van der Waals surface area contributed by atoms with Crippen LogP contribution in [0.3, 0.4) is 0 Å². The van der Waals surface area contributed by atoms with Crippen LogP contribution >= 0.6 is 0 Å². The van der Waals surface area contributed by atoms with Crippen LogP contribution in [0.5, 0.6) is 0 Å². The van der Waals surface area contributed by atoms with E-state index in [1.807, 2.05) is 0 Å². The van der Waals surface area contributed by atoms with Gasteiger partial charge < -0.3 is 10.7 Å². The van der Waals surface area contributed by atoms with Gasteiger partial charge in [0.05, 0.1) is 0 Å². The molecule has 7 heteroatoms. The Morgan fingerprint density at radius 1 is 1.57 bits per heavy atom. The molecule has 7 heavy (non-hydrogen) atoms. The molecule has 1 N–H and O–H groups in total. The van der Waals surface area contributed by atoms with Crippen LogP contribution in [0, 0.1) is 10.1 Å². The summed E-state index contributed by atoms with van der Waals surface area (Å²) in [5.41, 5.74) is 0. The molecule has 0 saturated heterocycles. The van der Waals surface area contributed by atoms with Gasteiger partial charge in [-0.1, -0.05) is 0 Å². The molecule has 0 rings (SSSR count). The van der Waals surface area contributed by atoms with Gasteiger partial charge in [0.1, 0.15) is 0 Å². The van der Waals surface area contributed by atoms with Gasteiger partial charge in [0, 0.05) is 0 Å². The molecule has 0 aromatic rings. The number of nitrogens with zero attached hydrogens (tertiary/aromatic N) is 1. The summed E-state index contributed by atoms with van der Waals surface area (Å²) in [7, 11) is 0. The second-order valence-electron chi connectivity index (χ2n) is 0.238. The molecule has 0 amide bonds. The molecule has 32 valence electrons. The minimum absolute atomic E-state index is 0. The Bertz CT molecular complexity index is 34.7. The third-order valence-electron chi connectivity index (χ3n) is 0. The van der Waals surface area contributed by atoms with E-state index in [1.54, 1.807) is 0 Å². The Balaban J connectivity index is -0.0000000150. The zero-order chi connectivity index (χ0) is 3.58. The number of hydrogen-bond donors (Lipinski definition) is 1. The molecule has 0 saturated carbocycles. The summed E-state index contributed by atoms with van der Waals surface area (Å²) < 4.78 is 0. The van der Waals surface area contributed by atoms with Gasteiger partial charge in [0.2, 0.25) is 0 Å². The van der Waals surface area contributed by atoms with Crippen molar-refractivity contribution < 1.29 is 67.2 Å². The van der Waals surface area contributed by atoms with Crippen molar-refractivity contribution in [3.63, 3.8) is 0 Å². The van der Waals surface area contributed by atoms with Crippen LogP contribution in [0.25, 0.3) is 0 Å². The molecule has 0 radical (unpaired) electrons. The molecule has 0 unspecified atom stereocenters. The van der Waals surface area contributed by atoms with Crippen LogP contribution < -0.4 is 51.4 Å². The molecular weight excluding hydrogens is 141 g/mol. The summed E-state index contributed by atoms with van der Waals surface area (Å²) in [4.78, 5) is 8.36. The fraction of sp³-hybridized carbons (Fsp3) is 0. The molecule has 0 aliphatic rings. The first-order valence-electron chi connectivity index (χ1n) is 0.565. The summed E-state index contributed by atoms with van der Waals surface area (Å²) >= 11 is 0. The van der Waals surface area contributed by atoms with Gasteiger partial charge in [-0.25, -0.2) is 0 Å². The van der Waals surface area contributed by atoms with Gasteiger partial charge >= 0.3 is 74.4 Å². The second kappa shape index (κ2) is 15.6. The van der Waals surface area contributed by atoms with Crippen LogP contribution in [0.4, 0.5) is 0 Å². The SMILES string of the molecule is O=[N+]([O-])O.[K+].[Mg+2].[O-2]. The summed E-state index contributed by atoms with van der Waals surface area (Å²) in [6, 6.07) is 0. The monoisotopic (exact) mass is 142 g/mol. The first-order chi connectivity index (χ1) is 1.73. The second-order valence-corrected chi connectivity index (χ2v) is 0.238. The third kappa shape index (κ3) is 95.8. The van der Waals surface area contributed by atoms with E-state index in [0.717, 1.165) is 0 Å². The minimum atomic E-state index is -1.50. The predicted octanol–water partition coefficient (Wildman–Crippen LogP) is -3.84. The van der Waals surface area contributed by atoms with E-state index in [0.29, 0.717) is 0 Å². The molecule has 5 nitrogen and oxygen atoms in total. The molecule has 0 fully saturated rings. The first-order valence-corrected chi connectivity index (χ1v) is 0.565. The smallest absolute Gasteiger partial charge is 2.00 e. The van der Waals surface area contributed by atoms with Gasteiger partial charge in [-0.3, -0.25) is 0 Å². The van der Waals surface area contributed by atoms with Gasteiger partial charge in [0.25, 0.3) is 5.09 Å². The molecule has 0 aromatic carbocycles. The van der Waals surface area contributed by atoms with Crippen molar-refractivity contribution in [2.24, 2.45) is 0 Å². The van der Waals surface area contributed by atoms with Crippen molar-refractivity contribution >= 4 is 23.1 Å². The van der Waals surface area contributed by atoms with Crippen molar-refractivity contribution in [2.75, 3.05) is 0 Å². The van der Waals surface area contributed by atoms with Crippen LogP contribution in [0.15, 0.2) is 0 Å². The zero-order valence-electron chi connectivity index (χ0n) is 3.83. The normalized spacial score (nSPS) is 3.43. The molecule has 0 bridgehead atoms. The summed E-state index contributed by atoms with van der Waals surface area (Å²) in [6.07, 6.45) is 0.